The smallest absolute Gasteiger partial charge is 0.266 e. The highest BCUT2D eigenvalue weighted by Gasteiger charge is 2.54. The van der Waals surface area contributed by atoms with Gasteiger partial charge in [0.15, 0.2) is 11.6 Å². The number of aliphatic hydroxyl groups excluding tert-OH is 1. The van der Waals surface area contributed by atoms with Crippen LogP contribution in [-0.2, 0) is 16.0 Å². The number of rotatable bonds is 10. The van der Waals surface area contributed by atoms with Crippen molar-refractivity contribution in [3.63, 3.8) is 0 Å². The molecule has 0 unspecified atom stereocenters. The van der Waals surface area contributed by atoms with Gasteiger partial charge in [0, 0.05) is 59.2 Å². The number of amides is 1. The van der Waals surface area contributed by atoms with Crippen LogP contribution >= 0.6 is 39.1 Å². The molecule has 7 nitrogen and oxygen atoms in total. The Bertz CT molecular complexity index is 1320. The minimum atomic E-state index is -1.39. The van der Waals surface area contributed by atoms with Gasteiger partial charge in [-0.3, -0.25) is 10.2 Å². The minimum Gasteiger partial charge on any atom is -0.494 e. The summed E-state index contributed by atoms with van der Waals surface area (Å²) in [5.74, 6) is 0.625. The molecule has 2 N–H and O–H groups in total. The van der Waals surface area contributed by atoms with Crippen molar-refractivity contribution in [1.82, 2.24) is 10.4 Å². The summed E-state index contributed by atoms with van der Waals surface area (Å²) in [5.41, 5.74) is 3.66. The third-order valence-electron chi connectivity index (χ3n) is 6.02. The van der Waals surface area contributed by atoms with E-state index < -0.39 is 11.6 Å². The van der Waals surface area contributed by atoms with E-state index >= 15 is 0 Å². The Morgan fingerprint density at radius 2 is 1.89 bits per heavy atom. The summed E-state index contributed by atoms with van der Waals surface area (Å²) in [6.07, 6.45) is -0.0572. The van der Waals surface area contributed by atoms with Crippen LogP contribution in [0.25, 0.3) is 0 Å². The SMILES string of the molecule is CN(C)NC(=O)[C@@]1(Cc2ccccc2Br)N=C(c2ccc(OCCCO)cc2)O[C@H]1c1ccc(Cl)cc1Cl. The largest absolute Gasteiger partial charge is 0.494 e. The summed E-state index contributed by atoms with van der Waals surface area (Å²) in [5, 5.41) is 11.4. The number of carbonyl (C=O) groups excluding carboxylic acids is 1. The second-order valence-electron chi connectivity index (χ2n) is 9.06. The number of nitrogens with one attached hydrogen (secondary N) is 1. The fourth-order valence-electron chi connectivity index (χ4n) is 4.21. The second-order valence-corrected chi connectivity index (χ2v) is 10.8. The molecular weight excluding hydrogens is 593 g/mol. The Morgan fingerprint density at radius 1 is 1.16 bits per heavy atom. The fourth-order valence-corrected chi connectivity index (χ4v) is 5.14. The quantitative estimate of drug-likeness (QED) is 0.227. The summed E-state index contributed by atoms with van der Waals surface area (Å²) in [6.45, 7) is 0.468. The van der Waals surface area contributed by atoms with Crippen LogP contribution in [0, 0.1) is 0 Å². The molecule has 38 heavy (non-hydrogen) atoms. The molecule has 2 atom stereocenters. The van der Waals surface area contributed by atoms with E-state index in [-0.39, 0.29) is 18.9 Å². The summed E-state index contributed by atoms with van der Waals surface area (Å²) in [7, 11) is 3.48. The van der Waals surface area contributed by atoms with Crippen molar-refractivity contribution in [1.29, 1.82) is 0 Å². The van der Waals surface area contributed by atoms with Crippen molar-refractivity contribution in [2.24, 2.45) is 4.99 Å². The van der Waals surface area contributed by atoms with E-state index in [1.807, 2.05) is 36.4 Å². The maximum absolute atomic E-state index is 14.0. The molecule has 0 radical (unpaired) electrons. The van der Waals surface area contributed by atoms with Crippen LogP contribution in [-0.4, -0.2) is 54.8 Å². The Labute approximate surface area is 240 Å². The van der Waals surface area contributed by atoms with Crippen LogP contribution in [0.15, 0.2) is 76.2 Å². The van der Waals surface area contributed by atoms with Gasteiger partial charge in [0.1, 0.15) is 5.75 Å². The maximum Gasteiger partial charge on any atom is 0.266 e. The minimum absolute atomic E-state index is 0.0615. The van der Waals surface area contributed by atoms with Crippen molar-refractivity contribution < 1.29 is 19.4 Å². The molecule has 1 amide bonds. The normalized spacial score (nSPS) is 18.7. The molecule has 4 rings (SSSR count). The molecule has 0 aliphatic carbocycles. The van der Waals surface area contributed by atoms with Gasteiger partial charge in [-0.2, -0.15) is 0 Å². The monoisotopic (exact) mass is 619 g/mol. The number of aliphatic imine (C=N–C) groups is 1. The average Bonchev–Trinajstić information content (AvgIpc) is 3.26. The third kappa shape index (κ3) is 6.33. The first kappa shape index (κ1) is 28.4. The zero-order chi connectivity index (χ0) is 27.3. The summed E-state index contributed by atoms with van der Waals surface area (Å²) in [4.78, 5) is 18.9. The highest BCUT2D eigenvalue weighted by molar-refractivity contribution is 9.10. The second kappa shape index (κ2) is 12.5. The van der Waals surface area contributed by atoms with Gasteiger partial charge < -0.3 is 14.6 Å². The zero-order valence-corrected chi connectivity index (χ0v) is 24.1. The van der Waals surface area contributed by atoms with E-state index in [0.29, 0.717) is 45.8 Å². The molecule has 0 aromatic heterocycles. The number of hydrazine groups is 1. The zero-order valence-electron chi connectivity index (χ0n) is 21.0. The van der Waals surface area contributed by atoms with Gasteiger partial charge in [0.05, 0.1) is 6.61 Å². The van der Waals surface area contributed by atoms with Crippen molar-refractivity contribution in [2.75, 3.05) is 27.3 Å². The Kier molecular flexibility index (Phi) is 9.33. The lowest BCUT2D eigenvalue weighted by atomic mass is 9.82. The molecule has 0 bridgehead atoms. The molecular formula is C28H28BrCl2N3O4. The van der Waals surface area contributed by atoms with Crippen LogP contribution < -0.4 is 10.2 Å². The van der Waals surface area contributed by atoms with Gasteiger partial charge >= 0.3 is 0 Å². The molecule has 1 heterocycles. The summed E-state index contributed by atoms with van der Waals surface area (Å²) in [6, 6.07) is 20.1. The number of carbonyl (C=O) groups is 1. The number of hydrogen-bond acceptors (Lipinski definition) is 6. The molecule has 3 aromatic rings. The lowest BCUT2D eigenvalue weighted by molar-refractivity contribution is -0.132. The standard InChI is InChI=1S/C28H28BrCl2N3O4/c1-34(2)33-27(36)28(17-19-6-3-4-7-23(19)29)25(22-13-10-20(30)16-24(22)31)38-26(32-28)18-8-11-21(12-9-18)37-15-5-14-35/h3-4,6-13,16,25,35H,5,14-15,17H2,1-2H3,(H,33,36)/t25-,28-/m0/s1. The number of ether oxygens (including phenoxy) is 2. The van der Waals surface area contributed by atoms with E-state index in [9.17, 15) is 4.79 Å². The molecule has 1 aliphatic rings. The van der Waals surface area contributed by atoms with Gasteiger partial charge in [-0.25, -0.2) is 10.0 Å². The average molecular weight is 621 g/mol. The van der Waals surface area contributed by atoms with Crippen molar-refractivity contribution in [3.8, 4) is 5.75 Å². The predicted molar refractivity (Wildman–Crippen MR) is 153 cm³/mol. The molecule has 10 heteroatoms. The Hall–Kier alpha value is -2.62. The van der Waals surface area contributed by atoms with Crippen molar-refractivity contribution >= 4 is 50.9 Å². The highest BCUT2D eigenvalue weighted by Crippen LogP contribution is 2.45. The Balaban J connectivity index is 1.82. The molecule has 1 aliphatic heterocycles. The van der Waals surface area contributed by atoms with Crippen molar-refractivity contribution in [2.45, 2.75) is 24.5 Å². The first-order chi connectivity index (χ1) is 18.2. The van der Waals surface area contributed by atoms with Gasteiger partial charge in [-0.15, -0.1) is 0 Å². The highest BCUT2D eigenvalue weighted by atomic mass is 79.9. The maximum atomic E-state index is 14.0. The predicted octanol–water partition coefficient (Wildman–Crippen LogP) is 5.61. The van der Waals surface area contributed by atoms with Gasteiger partial charge in [0.25, 0.3) is 5.91 Å². The van der Waals surface area contributed by atoms with E-state index in [4.69, 9.17) is 42.8 Å². The first-order valence-electron chi connectivity index (χ1n) is 12.0. The van der Waals surface area contributed by atoms with Crippen LogP contribution in [0.4, 0.5) is 0 Å². The number of nitrogens with zero attached hydrogens (tertiary/aromatic N) is 2. The van der Waals surface area contributed by atoms with E-state index in [0.717, 1.165) is 10.0 Å². The number of aliphatic hydroxyl groups is 1. The van der Waals surface area contributed by atoms with Gasteiger partial charge in [-0.05, 0) is 48.0 Å². The van der Waals surface area contributed by atoms with Crippen LogP contribution in [0.2, 0.25) is 10.0 Å². The Morgan fingerprint density at radius 3 is 2.55 bits per heavy atom. The number of hydrogen-bond donors (Lipinski definition) is 2. The van der Waals surface area contributed by atoms with Crippen LogP contribution in [0.1, 0.15) is 29.2 Å². The van der Waals surface area contributed by atoms with Gasteiger partial charge in [0.2, 0.25) is 5.90 Å². The fraction of sp³-hybridized carbons (Fsp3) is 0.286. The van der Waals surface area contributed by atoms with E-state index in [2.05, 4.69) is 21.4 Å². The molecule has 0 saturated heterocycles. The summed E-state index contributed by atoms with van der Waals surface area (Å²) < 4.78 is 13.0. The lowest BCUT2D eigenvalue weighted by Gasteiger charge is -2.32. The van der Waals surface area contributed by atoms with E-state index in [1.54, 1.807) is 49.4 Å². The summed E-state index contributed by atoms with van der Waals surface area (Å²) >= 11 is 16.5. The number of benzene rings is 3. The topological polar surface area (TPSA) is 83.4 Å². The van der Waals surface area contributed by atoms with Gasteiger partial charge in [-0.1, -0.05) is 63.4 Å². The molecule has 0 fully saturated rings. The molecule has 200 valence electrons. The lowest BCUT2D eigenvalue weighted by Crippen LogP contribution is -2.53. The van der Waals surface area contributed by atoms with E-state index in [1.165, 1.54) is 0 Å². The molecule has 0 spiro atoms. The third-order valence-corrected chi connectivity index (χ3v) is 7.35. The molecule has 0 saturated carbocycles. The van der Waals surface area contributed by atoms with Crippen LogP contribution in [0.3, 0.4) is 0 Å². The van der Waals surface area contributed by atoms with Crippen molar-refractivity contribution in [3.05, 3.63) is 97.9 Å². The van der Waals surface area contributed by atoms with Crippen LogP contribution in [0.5, 0.6) is 5.75 Å². The number of halogens is 3. The molecule has 3 aromatic carbocycles. The first-order valence-corrected chi connectivity index (χ1v) is 13.6.